The molecule has 0 N–H and O–H groups in total. The maximum absolute atomic E-state index is 12.9. The van der Waals surface area contributed by atoms with Crippen molar-refractivity contribution in [2.24, 2.45) is 17.8 Å². The van der Waals surface area contributed by atoms with E-state index in [1.54, 1.807) is 0 Å². The first-order valence-corrected chi connectivity index (χ1v) is 18.1. The molecule has 0 aliphatic heterocycles. The smallest absolute Gasteiger partial charge is 0.343 e. The summed E-state index contributed by atoms with van der Waals surface area (Å²) in [6.45, 7) is 4.60. The second-order valence-corrected chi connectivity index (χ2v) is 14.0. The van der Waals surface area contributed by atoms with Crippen molar-refractivity contribution in [3.8, 4) is 16.9 Å². The number of carbonyl (C=O) groups excluding carboxylic acids is 1. The third-order valence-electron chi connectivity index (χ3n) is 10.8. The summed E-state index contributed by atoms with van der Waals surface area (Å²) in [5.41, 5.74) is 5.73. The molecule has 0 heterocycles. The summed E-state index contributed by atoms with van der Waals surface area (Å²) in [6.07, 6.45) is 23.2. The Labute approximate surface area is 268 Å². The minimum Gasteiger partial charge on any atom is -0.423 e. The van der Waals surface area contributed by atoms with Crippen molar-refractivity contribution in [1.82, 2.24) is 0 Å². The Morgan fingerprint density at radius 2 is 1.11 bits per heavy atom. The fourth-order valence-corrected chi connectivity index (χ4v) is 7.78. The van der Waals surface area contributed by atoms with E-state index in [-0.39, 0.29) is 5.97 Å². The van der Waals surface area contributed by atoms with Gasteiger partial charge in [0, 0.05) is 0 Å². The molecule has 0 amide bonds. The highest BCUT2D eigenvalue weighted by molar-refractivity contribution is 5.91. The van der Waals surface area contributed by atoms with Crippen molar-refractivity contribution in [2.45, 2.75) is 129 Å². The van der Waals surface area contributed by atoms with E-state index in [0.29, 0.717) is 17.2 Å². The van der Waals surface area contributed by atoms with Gasteiger partial charge in [-0.2, -0.15) is 0 Å². The summed E-state index contributed by atoms with van der Waals surface area (Å²) in [6, 6.07) is 25.1. The van der Waals surface area contributed by atoms with Gasteiger partial charge in [0.25, 0.3) is 0 Å². The molecule has 2 heteroatoms. The van der Waals surface area contributed by atoms with Gasteiger partial charge in [-0.25, -0.2) is 4.79 Å². The van der Waals surface area contributed by atoms with Gasteiger partial charge >= 0.3 is 5.97 Å². The third-order valence-corrected chi connectivity index (χ3v) is 10.8. The van der Waals surface area contributed by atoms with Gasteiger partial charge in [-0.05, 0) is 109 Å². The fourth-order valence-electron chi connectivity index (χ4n) is 7.78. The van der Waals surface area contributed by atoms with Crippen LogP contribution in [0.25, 0.3) is 11.1 Å². The van der Waals surface area contributed by atoms with Gasteiger partial charge in [-0.3, -0.25) is 0 Å². The predicted octanol–water partition coefficient (Wildman–Crippen LogP) is 12.4. The molecule has 0 atom stereocenters. The lowest BCUT2D eigenvalue weighted by Gasteiger charge is -2.29. The molecule has 2 aliphatic carbocycles. The van der Waals surface area contributed by atoms with Gasteiger partial charge in [0.2, 0.25) is 0 Å². The van der Waals surface area contributed by atoms with E-state index in [9.17, 15) is 4.79 Å². The van der Waals surface area contributed by atoms with Crippen LogP contribution in [-0.2, 0) is 6.42 Å². The number of benzene rings is 3. The summed E-state index contributed by atoms with van der Waals surface area (Å²) in [7, 11) is 0. The zero-order valence-electron chi connectivity index (χ0n) is 27.6. The quantitative estimate of drug-likeness (QED) is 0.106. The number of hydrogen-bond donors (Lipinski definition) is 0. The zero-order valence-corrected chi connectivity index (χ0v) is 27.6. The van der Waals surface area contributed by atoms with Crippen molar-refractivity contribution in [3.63, 3.8) is 0 Å². The first kappa shape index (κ1) is 32.5. The minimum atomic E-state index is -0.301. The summed E-state index contributed by atoms with van der Waals surface area (Å²) < 4.78 is 5.72. The number of esters is 1. The Hall–Kier alpha value is -2.87. The van der Waals surface area contributed by atoms with E-state index < -0.39 is 0 Å². The summed E-state index contributed by atoms with van der Waals surface area (Å²) >= 11 is 0. The molecule has 44 heavy (non-hydrogen) atoms. The maximum atomic E-state index is 12.9. The SMILES string of the molecule is CCCCC[C@H]1CC[C@H](c2ccc(-c3ccc(C(=O)Oc4ccc(CC[C@H]5CC[C@H](CCCC)CC5)cc4)cc3)cc2)CC1. The van der Waals surface area contributed by atoms with Crippen LogP contribution in [0, 0.1) is 17.8 Å². The normalized spacial score (nSPS) is 22.0. The average Bonchev–Trinajstić information content (AvgIpc) is 3.08. The van der Waals surface area contributed by atoms with Crippen molar-refractivity contribution < 1.29 is 9.53 Å². The van der Waals surface area contributed by atoms with Gasteiger partial charge in [-0.1, -0.05) is 133 Å². The highest BCUT2D eigenvalue weighted by Crippen LogP contribution is 2.38. The Morgan fingerprint density at radius 3 is 1.70 bits per heavy atom. The number of rotatable bonds is 14. The van der Waals surface area contributed by atoms with Crippen LogP contribution >= 0.6 is 0 Å². The van der Waals surface area contributed by atoms with Crippen LogP contribution in [0.15, 0.2) is 72.8 Å². The van der Waals surface area contributed by atoms with Gasteiger partial charge in [0.05, 0.1) is 5.56 Å². The largest absolute Gasteiger partial charge is 0.423 e. The predicted molar refractivity (Wildman–Crippen MR) is 185 cm³/mol. The highest BCUT2D eigenvalue weighted by Gasteiger charge is 2.22. The first-order chi connectivity index (χ1) is 21.6. The molecule has 2 saturated carbocycles. The van der Waals surface area contributed by atoms with Crippen LogP contribution in [0.2, 0.25) is 0 Å². The summed E-state index contributed by atoms with van der Waals surface area (Å²) in [5, 5.41) is 0. The fraction of sp³-hybridized carbons (Fsp3) is 0.548. The molecule has 5 rings (SSSR count). The summed E-state index contributed by atoms with van der Waals surface area (Å²) in [5.74, 6) is 3.81. The number of unbranched alkanes of at least 4 members (excludes halogenated alkanes) is 3. The van der Waals surface area contributed by atoms with Gasteiger partial charge < -0.3 is 4.74 Å². The van der Waals surface area contributed by atoms with Crippen LogP contribution in [0.4, 0.5) is 0 Å². The molecule has 0 saturated heterocycles. The maximum Gasteiger partial charge on any atom is 0.343 e. The number of carbonyl (C=O) groups is 1. The van der Waals surface area contributed by atoms with Crippen LogP contribution < -0.4 is 4.74 Å². The van der Waals surface area contributed by atoms with E-state index in [0.717, 1.165) is 29.7 Å². The average molecular weight is 593 g/mol. The molecule has 2 aliphatic rings. The van der Waals surface area contributed by atoms with Crippen molar-refractivity contribution >= 4 is 5.97 Å². The Morgan fingerprint density at radius 1 is 0.591 bits per heavy atom. The minimum absolute atomic E-state index is 0.301. The molecule has 0 radical (unpaired) electrons. The second kappa shape index (κ2) is 17.0. The lowest BCUT2D eigenvalue weighted by Crippen LogP contribution is -2.15. The van der Waals surface area contributed by atoms with Gasteiger partial charge in [0.15, 0.2) is 0 Å². The molecule has 0 unspecified atom stereocenters. The number of hydrogen-bond acceptors (Lipinski definition) is 2. The lowest BCUT2D eigenvalue weighted by molar-refractivity contribution is 0.0734. The van der Waals surface area contributed by atoms with E-state index in [4.69, 9.17) is 4.74 Å². The molecule has 3 aromatic rings. The molecule has 2 nitrogen and oxygen atoms in total. The topological polar surface area (TPSA) is 26.3 Å². The molecule has 0 aromatic heterocycles. The van der Waals surface area contributed by atoms with Crippen LogP contribution in [0.3, 0.4) is 0 Å². The molecule has 0 spiro atoms. The second-order valence-electron chi connectivity index (χ2n) is 14.0. The van der Waals surface area contributed by atoms with Crippen molar-refractivity contribution in [2.75, 3.05) is 0 Å². The van der Waals surface area contributed by atoms with E-state index in [1.165, 1.54) is 119 Å². The van der Waals surface area contributed by atoms with E-state index in [1.807, 2.05) is 36.4 Å². The van der Waals surface area contributed by atoms with E-state index >= 15 is 0 Å². The first-order valence-electron chi connectivity index (χ1n) is 18.1. The molecule has 0 bridgehead atoms. The highest BCUT2D eigenvalue weighted by atomic mass is 16.5. The number of aryl methyl sites for hydroxylation is 1. The molecule has 3 aromatic carbocycles. The van der Waals surface area contributed by atoms with Gasteiger partial charge in [0.1, 0.15) is 5.75 Å². The molecular formula is C42H56O2. The molecule has 2 fully saturated rings. The molecular weight excluding hydrogens is 536 g/mol. The Kier molecular flexibility index (Phi) is 12.6. The van der Waals surface area contributed by atoms with Crippen LogP contribution in [0.5, 0.6) is 5.75 Å². The Balaban J connectivity index is 1.05. The van der Waals surface area contributed by atoms with Crippen molar-refractivity contribution in [3.05, 3.63) is 89.5 Å². The van der Waals surface area contributed by atoms with Crippen molar-refractivity contribution in [1.29, 1.82) is 0 Å². The van der Waals surface area contributed by atoms with E-state index in [2.05, 4.69) is 50.2 Å². The lowest BCUT2D eigenvalue weighted by atomic mass is 9.77. The standard InChI is InChI=1S/C42H56O2/c1-3-5-7-9-33-16-20-36(21-17-33)37-22-24-38(25-23-37)39-26-28-40(29-27-39)42(43)44-41-30-18-35(19-31-41)15-14-34-12-10-32(11-13-34)8-6-4-2/h18-19,22-34,36H,3-17,20-21H2,1-2H3/t32-,33-,34-,36-. The summed E-state index contributed by atoms with van der Waals surface area (Å²) in [4.78, 5) is 12.9. The number of ether oxygens (including phenoxy) is 1. The monoisotopic (exact) mass is 592 g/mol. The van der Waals surface area contributed by atoms with Crippen LogP contribution in [0.1, 0.15) is 144 Å². The zero-order chi connectivity index (χ0) is 30.6. The van der Waals surface area contributed by atoms with Crippen LogP contribution in [-0.4, -0.2) is 5.97 Å². The third kappa shape index (κ3) is 9.56. The Bertz CT molecular complexity index is 1240. The van der Waals surface area contributed by atoms with Gasteiger partial charge in [-0.15, -0.1) is 0 Å². The molecule has 236 valence electrons.